The third-order valence-corrected chi connectivity index (χ3v) is 6.62. The second-order valence-electron chi connectivity index (χ2n) is 8.09. The van der Waals surface area contributed by atoms with Crippen LogP contribution in [0.4, 0.5) is 4.79 Å². The lowest BCUT2D eigenvalue weighted by atomic mass is 9.72. The van der Waals surface area contributed by atoms with Crippen molar-refractivity contribution in [2.45, 2.75) is 45.8 Å². The highest BCUT2D eigenvalue weighted by Crippen LogP contribution is 2.52. The quantitative estimate of drug-likeness (QED) is 0.726. The van der Waals surface area contributed by atoms with Crippen molar-refractivity contribution in [1.82, 2.24) is 9.88 Å². The lowest BCUT2D eigenvalue weighted by Crippen LogP contribution is -2.52. The van der Waals surface area contributed by atoms with Gasteiger partial charge in [-0.1, -0.05) is 20.8 Å². The first kappa shape index (κ1) is 21.2. The number of amides is 1. The fraction of sp³-hybridized carbons (Fsp3) is 0.524. The van der Waals surface area contributed by atoms with Crippen LogP contribution in [0.25, 0.3) is 0 Å². The van der Waals surface area contributed by atoms with Gasteiger partial charge in [0.1, 0.15) is 22.9 Å². The Morgan fingerprint density at radius 2 is 2.00 bits per heavy atom. The number of carbonyl (C=O) groups is 1. The standard InChI is InChI=1S/C21H28N2O5S/c1-20(2,3)21(9-6-10-23(21)19(24)25)18-22-12-15(29-18)13-28-14-7-8-16(26-4)17(11-14)27-5/h7-8,11-12H,6,9-10,13H2,1-5H3,(H,24,25). The molecule has 8 heteroatoms. The molecule has 1 fully saturated rings. The number of ether oxygens (including phenoxy) is 3. The molecule has 158 valence electrons. The molecule has 1 aliphatic heterocycles. The molecule has 0 bridgehead atoms. The molecule has 0 spiro atoms. The van der Waals surface area contributed by atoms with Crippen LogP contribution in [0.1, 0.15) is 43.5 Å². The molecule has 1 aromatic carbocycles. The van der Waals surface area contributed by atoms with Crippen molar-refractivity contribution < 1.29 is 24.1 Å². The number of likely N-dealkylation sites (tertiary alicyclic amines) is 1. The fourth-order valence-electron chi connectivity index (χ4n) is 4.03. The number of nitrogens with zero attached hydrogens (tertiary/aromatic N) is 2. The molecule has 1 N–H and O–H groups in total. The van der Waals surface area contributed by atoms with Gasteiger partial charge in [-0.2, -0.15) is 0 Å². The smallest absolute Gasteiger partial charge is 0.408 e. The molecular formula is C21H28N2O5S. The second kappa shape index (κ2) is 8.10. The van der Waals surface area contributed by atoms with Gasteiger partial charge in [-0.3, -0.25) is 4.90 Å². The number of carboxylic acid groups (broad SMARTS) is 1. The molecule has 1 amide bonds. The predicted molar refractivity (Wildman–Crippen MR) is 111 cm³/mol. The van der Waals surface area contributed by atoms with Gasteiger partial charge in [-0.25, -0.2) is 9.78 Å². The summed E-state index contributed by atoms with van der Waals surface area (Å²) in [4.78, 5) is 19.1. The summed E-state index contributed by atoms with van der Waals surface area (Å²) in [5, 5.41) is 10.6. The van der Waals surface area contributed by atoms with E-state index < -0.39 is 11.6 Å². The van der Waals surface area contributed by atoms with E-state index in [1.54, 1.807) is 37.4 Å². The van der Waals surface area contributed by atoms with E-state index in [1.807, 2.05) is 6.07 Å². The Morgan fingerprint density at radius 3 is 2.62 bits per heavy atom. The monoisotopic (exact) mass is 420 g/mol. The van der Waals surface area contributed by atoms with Gasteiger partial charge >= 0.3 is 6.09 Å². The van der Waals surface area contributed by atoms with Crippen molar-refractivity contribution in [3.63, 3.8) is 0 Å². The highest BCUT2D eigenvalue weighted by atomic mass is 32.1. The number of benzene rings is 1. The molecule has 1 aromatic heterocycles. The molecule has 0 saturated carbocycles. The molecule has 2 aromatic rings. The summed E-state index contributed by atoms with van der Waals surface area (Å²) in [6.07, 6.45) is 2.50. The van der Waals surface area contributed by atoms with Gasteiger partial charge in [-0.15, -0.1) is 11.3 Å². The summed E-state index contributed by atoms with van der Waals surface area (Å²) in [6, 6.07) is 5.40. The molecule has 0 aliphatic carbocycles. The zero-order valence-electron chi connectivity index (χ0n) is 17.5. The first-order chi connectivity index (χ1) is 13.7. The lowest BCUT2D eigenvalue weighted by Gasteiger charge is -2.45. The Morgan fingerprint density at radius 1 is 1.28 bits per heavy atom. The van der Waals surface area contributed by atoms with Crippen LogP contribution < -0.4 is 14.2 Å². The van der Waals surface area contributed by atoms with E-state index >= 15 is 0 Å². The van der Waals surface area contributed by atoms with Crippen molar-refractivity contribution >= 4 is 17.4 Å². The molecule has 1 aliphatic rings. The van der Waals surface area contributed by atoms with Gasteiger partial charge in [0.25, 0.3) is 0 Å². The Labute approximate surface area is 175 Å². The van der Waals surface area contributed by atoms with E-state index in [1.165, 1.54) is 11.3 Å². The van der Waals surface area contributed by atoms with Crippen LogP contribution in [0.5, 0.6) is 17.2 Å². The van der Waals surface area contributed by atoms with E-state index in [9.17, 15) is 9.90 Å². The summed E-state index contributed by atoms with van der Waals surface area (Å²) in [7, 11) is 3.17. The minimum Gasteiger partial charge on any atom is -0.493 e. The fourth-order valence-corrected chi connectivity index (χ4v) is 5.29. The van der Waals surface area contributed by atoms with Gasteiger partial charge in [-0.05, 0) is 30.4 Å². The van der Waals surface area contributed by atoms with Crippen LogP contribution in [0.2, 0.25) is 0 Å². The van der Waals surface area contributed by atoms with Crippen LogP contribution >= 0.6 is 11.3 Å². The first-order valence-corrected chi connectivity index (χ1v) is 10.3. The van der Waals surface area contributed by atoms with Crippen molar-refractivity contribution in [3.8, 4) is 17.2 Å². The van der Waals surface area contributed by atoms with Gasteiger partial charge in [0.15, 0.2) is 11.5 Å². The van der Waals surface area contributed by atoms with Gasteiger partial charge < -0.3 is 19.3 Å². The number of methoxy groups -OCH3 is 2. The normalized spacial score (nSPS) is 19.3. The Bertz CT molecular complexity index is 876. The van der Waals surface area contributed by atoms with E-state index in [0.29, 0.717) is 30.4 Å². The number of aromatic nitrogens is 1. The maximum atomic E-state index is 11.9. The second-order valence-corrected chi connectivity index (χ2v) is 9.20. The molecule has 1 saturated heterocycles. The maximum absolute atomic E-state index is 11.9. The van der Waals surface area contributed by atoms with Gasteiger partial charge in [0.2, 0.25) is 0 Å². The van der Waals surface area contributed by atoms with Crippen molar-refractivity contribution in [3.05, 3.63) is 34.3 Å². The Hall–Kier alpha value is -2.48. The van der Waals surface area contributed by atoms with E-state index in [0.717, 1.165) is 22.7 Å². The summed E-state index contributed by atoms with van der Waals surface area (Å²) >= 11 is 1.52. The minimum atomic E-state index is -0.893. The molecular weight excluding hydrogens is 392 g/mol. The van der Waals surface area contributed by atoms with Crippen LogP contribution in [-0.2, 0) is 12.1 Å². The zero-order valence-corrected chi connectivity index (χ0v) is 18.3. The largest absolute Gasteiger partial charge is 0.493 e. The molecule has 1 atom stereocenters. The molecule has 29 heavy (non-hydrogen) atoms. The first-order valence-electron chi connectivity index (χ1n) is 9.53. The van der Waals surface area contributed by atoms with Crippen molar-refractivity contribution in [1.29, 1.82) is 0 Å². The average Bonchev–Trinajstić information content (AvgIpc) is 3.33. The van der Waals surface area contributed by atoms with Crippen LogP contribution in [0, 0.1) is 5.41 Å². The zero-order chi connectivity index (χ0) is 21.2. The minimum absolute atomic E-state index is 0.277. The van der Waals surface area contributed by atoms with Crippen LogP contribution in [0.3, 0.4) is 0 Å². The van der Waals surface area contributed by atoms with Gasteiger partial charge in [0, 0.05) is 18.8 Å². The highest BCUT2D eigenvalue weighted by molar-refractivity contribution is 7.11. The van der Waals surface area contributed by atoms with E-state index in [4.69, 9.17) is 14.2 Å². The molecule has 1 unspecified atom stereocenters. The van der Waals surface area contributed by atoms with E-state index in [2.05, 4.69) is 25.8 Å². The summed E-state index contributed by atoms with van der Waals surface area (Å²) in [5.74, 6) is 1.91. The Balaban J connectivity index is 1.82. The van der Waals surface area contributed by atoms with Gasteiger partial charge in [0.05, 0.1) is 19.1 Å². The molecule has 7 nitrogen and oxygen atoms in total. The number of hydrogen-bond acceptors (Lipinski definition) is 6. The average molecular weight is 421 g/mol. The predicted octanol–water partition coefficient (Wildman–Crippen LogP) is 4.75. The molecule has 3 rings (SSSR count). The SMILES string of the molecule is COc1ccc(OCc2cnc(C3(C(C)(C)C)CCCN3C(=O)O)s2)cc1OC. The lowest BCUT2D eigenvalue weighted by molar-refractivity contribution is 0.0275. The molecule has 2 heterocycles. The van der Waals surface area contributed by atoms with Crippen LogP contribution in [0.15, 0.2) is 24.4 Å². The third kappa shape index (κ3) is 3.85. The number of thiazole rings is 1. The Kier molecular flexibility index (Phi) is 5.93. The van der Waals surface area contributed by atoms with Crippen molar-refractivity contribution in [2.75, 3.05) is 20.8 Å². The summed E-state index contributed by atoms with van der Waals surface area (Å²) in [6.45, 7) is 7.12. The molecule has 0 radical (unpaired) electrons. The maximum Gasteiger partial charge on any atom is 0.408 e. The number of hydrogen-bond donors (Lipinski definition) is 1. The highest BCUT2D eigenvalue weighted by Gasteiger charge is 2.55. The summed E-state index contributed by atoms with van der Waals surface area (Å²) < 4.78 is 16.5. The summed E-state index contributed by atoms with van der Waals surface area (Å²) in [5.41, 5.74) is -0.897. The van der Waals surface area contributed by atoms with Crippen molar-refractivity contribution in [2.24, 2.45) is 5.41 Å². The number of rotatable bonds is 6. The van der Waals surface area contributed by atoms with E-state index in [-0.39, 0.29) is 5.41 Å². The topological polar surface area (TPSA) is 81.1 Å². The van der Waals surface area contributed by atoms with Crippen LogP contribution in [-0.4, -0.2) is 41.8 Å². The third-order valence-electron chi connectivity index (χ3n) is 5.50.